The molecule has 4 atom stereocenters. The van der Waals surface area contributed by atoms with Gasteiger partial charge in [0.15, 0.2) is 0 Å². The molecule has 0 aromatic carbocycles. The normalized spacial score (nSPS) is 44.2. The summed E-state index contributed by atoms with van der Waals surface area (Å²) in [6.45, 7) is 0. The standard InChI is InChI=1S/C14H22Cl4S/c15-11-3-1-4-12(16)9(11)7-19-8-10-13(17)5-2-6-14(10)18/h9-14H,1-8H2. The molecule has 0 bridgehead atoms. The number of thioether (sulfide) groups is 1. The Morgan fingerprint density at radius 2 is 0.947 bits per heavy atom. The fourth-order valence-corrected chi connectivity index (χ4v) is 6.94. The van der Waals surface area contributed by atoms with Crippen LogP contribution in [0.15, 0.2) is 0 Å². The fraction of sp³-hybridized carbons (Fsp3) is 1.00. The number of halogens is 4. The minimum Gasteiger partial charge on any atom is -0.161 e. The highest BCUT2D eigenvalue weighted by atomic mass is 35.5. The number of alkyl halides is 4. The third-order valence-electron chi connectivity index (χ3n) is 4.40. The monoisotopic (exact) mass is 362 g/mol. The second kappa shape index (κ2) is 8.22. The van der Waals surface area contributed by atoms with Gasteiger partial charge in [-0.25, -0.2) is 0 Å². The van der Waals surface area contributed by atoms with Crippen molar-refractivity contribution in [2.24, 2.45) is 11.8 Å². The van der Waals surface area contributed by atoms with Crippen molar-refractivity contribution in [3.63, 3.8) is 0 Å². The molecule has 2 fully saturated rings. The van der Waals surface area contributed by atoms with Gasteiger partial charge in [-0.05, 0) is 37.2 Å². The zero-order chi connectivity index (χ0) is 13.8. The fourth-order valence-electron chi connectivity index (χ4n) is 3.08. The first-order valence-electron chi connectivity index (χ1n) is 7.23. The summed E-state index contributed by atoms with van der Waals surface area (Å²) in [7, 11) is 0. The maximum absolute atomic E-state index is 6.41. The van der Waals surface area contributed by atoms with E-state index in [1.54, 1.807) is 0 Å². The summed E-state index contributed by atoms with van der Waals surface area (Å²) in [6, 6.07) is 0. The van der Waals surface area contributed by atoms with Crippen molar-refractivity contribution >= 4 is 58.2 Å². The molecule has 0 N–H and O–H groups in total. The van der Waals surface area contributed by atoms with Gasteiger partial charge in [0.05, 0.1) is 0 Å². The maximum Gasteiger partial charge on any atom is 0.0386 e. The predicted octanol–water partition coefficient (Wildman–Crippen LogP) is 5.75. The summed E-state index contributed by atoms with van der Waals surface area (Å²) >= 11 is 27.6. The van der Waals surface area contributed by atoms with Crippen molar-refractivity contribution in [1.29, 1.82) is 0 Å². The quantitative estimate of drug-likeness (QED) is 0.573. The summed E-state index contributed by atoms with van der Waals surface area (Å²) in [4.78, 5) is 0. The third-order valence-corrected chi connectivity index (χ3v) is 7.81. The van der Waals surface area contributed by atoms with Gasteiger partial charge in [0, 0.05) is 33.3 Å². The molecule has 2 aliphatic rings. The van der Waals surface area contributed by atoms with E-state index in [4.69, 9.17) is 46.4 Å². The highest BCUT2D eigenvalue weighted by Gasteiger charge is 2.33. The number of hydrogen-bond donors (Lipinski definition) is 0. The van der Waals surface area contributed by atoms with Crippen LogP contribution in [-0.2, 0) is 0 Å². The topological polar surface area (TPSA) is 0 Å². The van der Waals surface area contributed by atoms with Gasteiger partial charge in [0.25, 0.3) is 0 Å². The van der Waals surface area contributed by atoms with Crippen LogP contribution in [0.1, 0.15) is 38.5 Å². The van der Waals surface area contributed by atoms with E-state index in [1.165, 1.54) is 12.8 Å². The van der Waals surface area contributed by atoms with E-state index in [9.17, 15) is 0 Å². The van der Waals surface area contributed by atoms with Crippen molar-refractivity contribution < 1.29 is 0 Å². The molecule has 0 amide bonds. The van der Waals surface area contributed by atoms with E-state index >= 15 is 0 Å². The van der Waals surface area contributed by atoms with Gasteiger partial charge in [0.1, 0.15) is 0 Å². The van der Waals surface area contributed by atoms with Crippen molar-refractivity contribution in [2.45, 2.75) is 60.0 Å². The zero-order valence-electron chi connectivity index (χ0n) is 11.0. The van der Waals surface area contributed by atoms with Crippen LogP contribution in [0.3, 0.4) is 0 Å². The molecule has 0 saturated heterocycles. The lowest BCUT2D eigenvalue weighted by Crippen LogP contribution is -2.34. The van der Waals surface area contributed by atoms with Gasteiger partial charge in [0.2, 0.25) is 0 Å². The van der Waals surface area contributed by atoms with Crippen LogP contribution in [0.25, 0.3) is 0 Å². The molecule has 0 nitrogen and oxygen atoms in total. The lowest BCUT2D eigenvalue weighted by Gasteiger charge is -2.34. The highest BCUT2D eigenvalue weighted by molar-refractivity contribution is 7.99. The Morgan fingerprint density at radius 1 is 0.632 bits per heavy atom. The molecule has 4 unspecified atom stereocenters. The van der Waals surface area contributed by atoms with E-state index in [0.717, 1.165) is 37.2 Å². The Balaban J connectivity index is 1.75. The average Bonchev–Trinajstić information content (AvgIpc) is 2.36. The molecular formula is C14H22Cl4S. The summed E-state index contributed by atoms with van der Waals surface area (Å²) in [5, 5.41) is 0.977. The van der Waals surface area contributed by atoms with Crippen LogP contribution in [0.5, 0.6) is 0 Å². The molecule has 2 saturated carbocycles. The van der Waals surface area contributed by atoms with Gasteiger partial charge >= 0.3 is 0 Å². The molecular weight excluding hydrogens is 342 g/mol. The molecule has 2 aliphatic carbocycles. The number of hydrogen-bond acceptors (Lipinski definition) is 1. The number of rotatable bonds is 4. The molecule has 5 heteroatoms. The first-order chi connectivity index (χ1) is 9.09. The van der Waals surface area contributed by atoms with Crippen LogP contribution < -0.4 is 0 Å². The molecule has 2 rings (SSSR count). The molecule has 0 aliphatic heterocycles. The second-order valence-electron chi connectivity index (χ2n) is 5.79. The Morgan fingerprint density at radius 3 is 1.26 bits per heavy atom. The van der Waals surface area contributed by atoms with E-state index in [0.29, 0.717) is 11.8 Å². The minimum atomic E-state index is 0.244. The molecule has 0 heterocycles. The Kier molecular flexibility index (Phi) is 7.30. The third kappa shape index (κ3) is 4.74. The Bertz CT molecular complexity index is 230. The lowest BCUT2D eigenvalue weighted by molar-refractivity contribution is 0.398. The SMILES string of the molecule is ClC1CCCC(Cl)C1CSCC1C(Cl)CCCC1Cl. The smallest absolute Gasteiger partial charge is 0.0386 e. The molecule has 19 heavy (non-hydrogen) atoms. The van der Waals surface area contributed by atoms with Crippen molar-refractivity contribution in [1.82, 2.24) is 0 Å². The van der Waals surface area contributed by atoms with Crippen LogP contribution in [0.2, 0.25) is 0 Å². The maximum atomic E-state index is 6.41. The zero-order valence-corrected chi connectivity index (χ0v) is 14.9. The van der Waals surface area contributed by atoms with Crippen LogP contribution in [-0.4, -0.2) is 33.0 Å². The highest BCUT2D eigenvalue weighted by Crippen LogP contribution is 2.38. The average molecular weight is 364 g/mol. The summed E-state index contributed by atoms with van der Waals surface area (Å²) in [5.74, 6) is 2.97. The van der Waals surface area contributed by atoms with Gasteiger partial charge < -0.3 is 0 Å². The van der Waals surface area contributed by atoms with Crippen molar-refractivity contribution in [3.8, 4) is 0 Å². The van der Waals surface area contributed by atoms with Gasteiger partial charge in [-0.1, -0.05) is 12.8 Å². The van der Waals surface area contributed by atoms with Gasteiger partial charge in [-0.15, -0.1) is 46.4 Å². The van der Waals surface area contributed by atoms with E-state index < -0.39 is 0 Å². The predicted molar refractivity (Wildman–Crippen MR) is 90.6 cm³/mol. The van der Waals surface area contributed by atoms with Crippen LogP contribution >= 0.6 is 58.2 Å². The first kappa shape index (κ1) is 16.9. The van der Waals surface area contributed by atoms with E-state index in [2.05, 4.69) is 0 Å². The second-order valence-corrected chi connectivity index (χ2v) is 9.11. The molecule has 0 spiro atoms. The molecule has 0 aromatic rings. The molecule has 0 aromatic heterocycles. The first-order valence-corrected chi connectivity index (χ1v) is 10.1. The Hall–Kier alpha value is 1.51. The Labute approximate surface area is 141 Å². The summed E-state index contributed by atoms with van der Waals surface area (Å²) in [6.07, 6.45) is 6.76. The van der Waals surface area contributed by atoms with Gasteiger partial charge in [-0.2, -0.15) is 11.8 Å². The van der Waals surface area contributed by atoms with Crippen molar-refractivity contribution in [3.05, 3.63) is 0 Å². The van der Waals surface area contributed by atoms with Crippen LogP contribution in [0, 0.1) is 11.8 Å². The summed E-state index contributed by atoms with van der Waals surface area (Å²) < 4.78 is 0. The summed E-state index contributed by atoms with van der Waals surface area (Å²) in [5.41, 5.74) is 0. The van der Waals surface area contributed by atoms with E-state index in [1.807, 2.05) is 11.8 Å². The van der Waals surface area contributed by atoms with Crippen molar-refractivity contribution in [2.75, 3.05) is 11.5 Å². The molecule has 112 valence electrons. The minimum absolute atomic E-state index is 0.244. The largest absolute Gasteiger partial charge is 0.161 e. The lowest BCUT2D eigenvalue weighted by atomic mass is 9.89. The van der Waals surface area contributed by atoms with Gasteiger partial charge in [-0.3, -0.25) is 0 Å². The molecule has 0 radical (unpaired) electrons. The van der Waals surface area contributed by atoms with Crippen LogP contribution in [0.4, 0.5) is 0 Å². The van der Waals surface area contributed by atoms with E-state index in [-0.39, 0.29) is 21.5 Å².